The van der Waals surface area contributed by atoms with Crippen LogP contribution in [0.25, 0.3) is 0 Å². The minimum Gasteiger partial charge on any atom is -0.497 e. The van der Waals surface area contributed by atoms with Crippen molar-refractivity contribution in [3.05, 3.63) is 24.3 Å². The molecular weight excluding hydrogens is 382 g/mol. The lowest BCUT2D eigenvalue weighted by atomic mass is 10.1. The second-order valence-electron chi connectivity index (χ2n) is 7.20. The zero-order chi connectivity index (χ0) is 21.6. The van der Waals surface area contributed by atoms with E-state index in [1.165, 1.54) is 6.92 Å². The first-order chi connectivity index (χ1) is 13.7. The highest BCUT2D eigenvalue weighted by atomic mass is 16.7. The Morgan fingerprint density at radius 1 is 1.21 bits per heavy atom. The van der Waals surface area contributed by atoms with Crippen LogP contribution in [0.15, 0.2) is 24.3 Å². The van der Waals surface area contributed by atoms with Crippen molar-refractivity contribution < 1.29 is 38.4 Å². The monoisotopic (exact) mass is 409 g/mol. The molecule has 1 N–H and O–H groups in total. The predicted octanol–water partition coefficient (Wildman–Crippen LogP) is 2.53. The van der Waals surface area contributed by atoms with Crippen LogP contribution in [-0.4, -0.2) is 60.6 Å². The normalized spacial score (nSPS) is 19.6. The van der Waals surface area contributed by atoms with Gasteiger partial charge >= 0.3 is 18.0 Å². The third-order valence-corrected chi connectivity index (χ3v) is 4.48. The Morgan fingerprint density at radius 2 is 1.90 bits per heavy atom. The number of hydrogen-bond acceptors (Lipinski definition) is 7. The van der Waals surface area contributed by atoms with Gasteiger partial charge in [-0.2, -0.15) is 0 Å². The van der Waals surface area contributed by atoms with Gasteiger partial charge in [0, 0.05) is 31.4 Å². The number of hydrogen-bond donors (Lipinski definition) is 1. The van der Waals surface area contributed by atoms with Gasteiger partial charge in [-0.15, -0.1) is 0 Å². The molecule has 0 radical (unpaired) electrons. The highest BCUT2D eigenvalue weighted by Gasteiger charge is 2.42. The summed E-state index contributed by atoms with van der Waals surface area (Å²) in [7, 11) is 1.55. The highest BCUT2D eigenvalue weighted by Crippen LogP contribution is 2.27. The van der Waals surface area contributed by atoms with E-state index >= 15 is 0 Å². The first-order valence-corrected chi connectivity index (χ1v) is 9.35. The minimum atomic E-state index is -1.13. The molecule has 3 atom stereocenters. The third-order valence-electron chi connectivity index (χ3n) is 4.48. The summed E-state index contributed by atoms with van der Waals surface area (Å²) in [5.41, 5.74) is 0. The van der Waals surface area contributed by atoms with Crippen LogP contribution in [0, 0.1) is 11.8 Å². The van der Waals surface area contributed by atoms with Gasteiger partial charge in [-0.05, 0) is 18.6 Å². The van der Waals surface area contributed by atoms with E-state index in [4.69, 9.17) is 18.9 Å². The first kappa shape index (κ1) is 22.3. The van der Waals surface area contributed by atoms with E-state index in [9.17, 15) is 19.5 Å². The minimum absolute atomic E-state index is 0.157. The number of carbonyl (C=O) groups is 3. The Bertz CT molecular complexity index is 735. The van der Waals surface area contributed by atoms with Gasteiger partial charge in [0.15, 0.2) is 0 Å². The molecule has 1 aromatic carbocycles. The molecule has 1 aromatic rings. The molecule has 1 saturated heterocycles. The molecule has 0 aromatic heterocycles. The van der Waals surface area contributed by atoms with E-state index in [0.717, 1.165) is 4.90 Å². The largest absolute Gasteiger partial charge is 0.497 e. The maximum atomic E-state index is 12.6. The third kappa shape index (κ3) is 6.27. The number of carboxylic acids is 1. The van der Waals surface area contributed by atoms with E-state index in [1.807, 2.05) is 0 Å². The first-order valence-electron chi connectivity index (χ1n) is 9.35. The maximum Gasteiger partial charge on any atom is 0.413 e. The molecule has 9 heteroatoms. The van der Waals surface area contributed by atoms with Crippen molar-refractivity contribution >= 4 is 18.0 Å². The fraction of sp³-hybridized carbons (Fsp3) is 0.550. The van der Waals surface area contributed by atoms with Gasteiger partial charge in [0.05, 0.1) is 13.7 Å². The lowest BCUT2D eigenvalue weighted by Gasteiger charge is -2.26. The van der Waals surface area contributed by atoms with Gasteiger partial charge in [0.1, 0.15) is 17.5 Å². The van der Waals surface area contributed by atoms with Crippen LogP contribution in [0.4, 0.5) is 4.79 Å². The van der Waals surface area contributed by atoms with E-state index in [2.05, 4.69) is 0 Å². The number of ether oxygens (including phenoxy) is 4. The summed E-state index contributed by atoms with van der Waals surface area (Å²) in [5, 5.41) is 9.50. The molecule has 2 rings (SSSR count). The number of rotatable bonds is 8. The molecule has 1 heterocycles. The number of methoxy groups -OCH3 is 1. The summed E-state index contributed by atoms with van der Waals surface area (Å²) in [6.07, 6.45) is -1.68. The SMILES string of the molecule is COc1cccc(OC[C@H]2C[C@@H](C(=O)O)N(C(=O)O[C@H](OC(C)=O)C(C)C)C2)c1. The highest BCUT2D eigenvalue weighted by molar-refractivity contribution is 5.81. The number of likely N-dealkylation sites (tertiary alicyclic amines) is 1. The molecule has 160 valence electrons. The van der Waals surface area contributed by atoms with E-state index in [0.29, 0.717) is 11.5 Å². The van der Waals surface area contributed by atoms with Crippen LogP contribution in [-0.2, 0) is 19.1 Å². The van der Waals surface area contributed by atoms with E-state index < -0.39 is 30.4 Å². The van der Waals surface area contributed by atoms with Gasteiger partial charge in [-0.25, -0.2) is 9.59 Å². The Labute approximate surface area is 169 Å². The molecule has 0 saturated carbocycles. The number of carbonyl (C=O) groups excluding carboxylic acids is 2. The summed E-state index contributed by atoms with van der Waals surface area (Å²) in [6.45, 7) is 5.06. The van der Waals surface area contributed by atoms with Crippen LogP contribution in [0.2, 0.25) is 0 Å². The van der Waals surface area contributed by atoms with E-state index in [-0.39, 0.29) is 31.4 Å². The molecule has 1 aliphatic rings. The van der Waals surface area contributed by atoms with Crippen molar-refractivity contribution in [2.24, 2.45) is 11.8 Å². The summed E-state index contributed by atoms with van der Waals surface area (Å²) < 4.78 is 21.1. The second-order valence-corrected chi connectivity index (χ2v) is 7.20. The van der Waals surface area contributed by atoms with Crippen LogP contribution >= 0.6 is 0 Å². The van der Waals surface area contributed by atoms with Crippen LogP contribution in [0.3, 0.4) is 0 Å². The number of amides is 1. The van der Waals surface area contributed by atoms with Crippen molar-refractivity contribution in [1.82, 2.24) is 4.90 Å². The molecule has 9 nitrogen and oxygen atoms in total. The van der Waals surface area contributed by atoms with Crippen LogP contribution in [0.5, 0.6) is 11.5 Å². The smallest absolute Gasteiger partial charge is 0.413 e. The Hall–Kier alpha value is -2.97. The average Bonchev–Trinajstić information content (AvgIpc) is 3.10. The van der Waals surface area contributed by atoms with Crippen molar-refractivity contribution in [3.63, 3.8) is 0 Å². The molecule has 29 heavy (non-hydrogen) atoms. The Balaban J connectivity index is 2.00. The predicted molar refractivity (Wildman–Crippen MR) is 102 cm³/mol. The molecule has 0 unspecified atom stereocenters. The number of carboxylic acid groups (broad SMARTS) is 1. The van der Waals surface area contributed by atoms with Crippen molar-refractivity contribution in [2.45, 2.75) is 39.5 Å². The number of nitrogens with zero attached hydrogens (tertiary/aromatic N) is 1. The van der Waals surface area contributed by atoms with Gasteiger partial charge in [0.25, 0.3) is 6.29 Å². The van der Waals surface area contributed by atoms with Gasteiger partial charge < -0.3 is 24.1 Å². The molecule has 1 amide bonds. The number of aliphatic carboxylic acids is 1. The fourth-order valence-corrected chi connectivity index (χ4v) is 3.01. The maximum absolute atomic E-state index is 12.6. The van der Waals surface area contributed by atoms with Gasteiger partial charge in [-0.3, -0.25) is 9.69 Å². The van der Waals surface area contributed by atoms with Gasteiger partial charge in [0.2, 0.25) is 0 Å². The zero-order valence-corrected chi connectivity index (χ0v) is 17.0. The molecule has 0 bridgehead atoms. The average molecular weight is 409 g/mol. The Morgan fingerprint density at radius 3 is 2.48 bits per heavy atom. The summed E-state index contributed by atoms with van der Waals surface area (Å²) in [4.78, 5) is 36.5. The molecule has 0 aliphatic carbocycles. The van der Waals surface area contributed by atoms with Crippen molar-refractivity contribution in [1.29, 1.82) is 0 Å². The van der Waals surface area contributed by atoms with E-state index in [1.54, 1.807) is 45.2 Å². The fourth-order valence-electron chi connectivity index (χ4n) is 3.01. The van der Waals surface area contributed by atoms with Gasteiger partial charge in [-0.1, -0.05) is 19.9 Å². The number of esters is 1. The van der Waals surface area contributed by atoms with Crippen LogP contribution < -0.4 is 9.47 Å². The zero-order valence-electron chi connectivity index (χ0n) is 17.0. The molecule has 1 fully saturated rings. The van der Waals surface area contributed by atoms with Crippen LogP contribution in [0.1, 0.15) is 27.2 Å². The quantitative estimate of drug-likeness (QED) is 0.515. The molecule has 0 spiro atoms. The molecular formula is C20H27NO8. The lowest BCUT2D eigenvalue weighted by molar-refractivity contribution is -0.174. The van der Waals surface area contributed by atoms with Crippen molar-refractivity contribution in [2.75, 3.05) is 20.3 Å². The lowest BCUT2D eigenvalue weighted by Crippen LogP contribution is -2.43. The summed E-state index contributed by atoms with van der Waals surface area (Å²) in [6, 6.07) is 6.03. The second kappa shape index (κ2) is 9.99. The number of benzene rings is 1. The standard InChI is InChI=1S/C20H27NO8/c1-12(2)19(28-13(3)22)29-20(25)21-10-14(8-17(21)18(23)24)11-27-16-7-5-6-15(9-16)26-4/h5-7,9,12,14,17,19H,8,10-11H2,1-4H3,(H,23,24)/t14-,17-,19-/m0/s1. The summed E-state index contributed by atoms with van der Waals surface area (Å²) in [5.74, 6) is -0.946. The topological polar surface area (TPSA) is 112 Å². The molecule has 1 aliphatic heterocycles. The Kier molecular flexibility index (Phi) is 7.69. The van der Waals surface area contributed by atoms with Crippen molar-refractivity contribution in [3.8, 4) is 11.5 Å². The summed E-state index contributed by atoms with van der Waals surface area (Å²) >= 11 is 0.